The maximum Gasteiger partial charge on any atom is 0.125 e. The Morgan fingerprint density at radius 3 is 2.76 bits per heavy atom. The number of hydrogen-bond acceptors (Lipinski definition) is 3. The Kier molecular flexibility index (Phi) is 5.75. The van der Waals surface area contributed by atoms with Gasteiger partial charge < -0.3 is 15.2 Å². The lowest BCUT2D eigenvalue weighted by molar-refractivity contribution is 0.191. The number of halogens is 1. The van der Waals surface area contributed by atoms with Gasteiger partial charge in [-0.05, 0) is 50.1 Å². The molecule has 4 heteroatoms. The maximum absolute atomic E-state index is 9.13. The molecular formula is C13H20ClNO2. The molecule has 0 spiro atoms. The Labute approximate surface area is 108 Å². The van der Waals surface area contributed by atoms with Crippen molar-refractivity contribution in [1.82, 2.24) is 5.32 Å². The van der Waals surface area contributed by atoms with Crippen LogP contribution in [0, 0.1) is 6.92 Å². The summed E-state index contributed by atoms with van der Waals surface area (Å²) < 4.78 is 5.37. The molecule has 0 aliphatic rings. The van der Waals surface area contributed by atoms with E-state index in [1.54, 1.807) is 14.0 Å². The summed E-state index contributed by atoms with van der Waals surface area (Å²) in [5.74, 6) is 0.897. The average molecular weight is 258 g/mol. The van der Waals surface area contributed by atoms with Gasteiger partial charge in [-0.25, -0.2) is 0 Å². The van der Waals surface area contributed by atoms with Gasteiger partial charge in [-0.1, -0.05) is 11.6 Å². The average Bonchev–Trinajstić information content (AvgIpc) is 2.23. The first-order valence-electron chi connectivity index (χ1n) is 5.76. The van der Waals surface area contributed by atoms with Crippen LogP contribution in [-0.4, -0.2) is 31.4 Å². The van der Waals surface area contributed by atoms with Crippen LogP contribution in [0.1, 0.15) is 18.1 Å². The molecule has 0 radical (unpaired) electrons. The summed E-state index contributed by atoms with van der Waals surface area (Å²) in [5.41, 5.74) is 2.14. The lowest BCUT2D eigenvalue weighted by atomic mass is 10.1. The van der Waals surface area contributed by atoms with Crippen molar-refractivity contribution in [3.05, 3.63) is 28.3 Å². The molecule has 17 heavy (non-hydrogen) atoms. The molecule has 0 saturated carbocycles. The molecule has 0 aromatic heterocycles. The Hall–Kier alpha value is -0.770. The molecule has 0 aliphatic heterocycles. The predicted molar refractivity (Wildman–Crippen MR) is 71.0 cm³/mol. The van der Waals surface area contributed by atoms with E-state index in [1.807, 2.05) is 19.1 Å². The minimum Gasteiger partial charge on any atom is -0.496 e. The van der Waals surface area contributed by atoms with Gasteiger partial charge in [0.05, 0.1) is 13.2 Å². The molecule has 96 valence electrons. The molecule has 1 rings (SSSR count). The number of aliphatic hydroxyl groups excluding tert-OH is 1. The third kappa shape index (κ3) is 4.54. The molecular weight excluding hydrogens is 238 g/mol. The third-order valence-electron chi connectivity index (χ3n) is 2.53. The van der Waals surface area contributed by atoms with E-state index >= 15 is 0 Å². The molecule has 0 saturated heterocycles. The molecule has 0 heterocycles. The first kappa shape index (κ1) is 14.3. The minimum absolute atomic E-state index is 0.321. The van der Waals surface area contributed by atoms with Crippen molar-refractivity contribution in [2.45, 2.75) is 26.4 Å². The number of nitrogens with one attached hydrogen (secondary N) is 1. The van der Waals surface area contributed by atoms with E-state index in [0.717, 1.165) is 34.9 Å². The largest absolute Gasteiger partial charge is 0.496 e. The molecule has 1 atom stereocenters. The molecule has 0 amide bonds. The van der Waals surface area contributed by atoms with Crippen LogP contribution in [0.3, 0.4) is 0 Å². The predicted octanol–water partition coefficient (Wildman–Crippen LogP) is 2.17. The van der Waals surface area contributed by atoms with Crippen molar-refractivity contribution in [2.75, 3.05) is 20.2 Å². The van der Waals surface area contributed by atoms with Gasteiger partial charge in [-0.15, -0.1) is 0 Å². The number of rotatable bonds is 6. The standard InChI is InChI=1S/C13H20ClNO2/c1-9-6-12(14)7-11(13(9)17-3)4-5-15-8-10(2)16/h6-7,10,15-16H,4-5,8H2,1-3H3. The highest BCUT2D eigenvalue weighted by molar-refractivity contribution is 6.30. The molecule has 1 unspecified atom stereocenters. The number of hydrogen-bond donors (Lipinski definition) is 2. The Morgan fingerprint density at radius 2 is 2.18 bits per heavy atom. The van der Waals surface area contributed by atoms with E-state index in [1.165, 1.54) is 0 Å². The fourth-order valence-corrected chi connectivity index (χ4v) is 2.11. The fraction of sp³-hybridized carbons (Fsp3) is 0.538. The van der Waals surface area contributed by atoms with Crippen molar-refractivity contribution in [1.29, 1.82) is 0 Å². The van der Waals surface area contributed by atoms with E-state index in [-0.39, 0.29) is 6.10 Å². The highest BCUT2D eigenvalue weighted by Crippen LogP contribution is 2.27. The van der Waals surface area contributed by atoms with Crippen molar-refractivity contribution >= 4 is 11.6 Å². The number of aliphatic hydroxyl groups is 1. The van der Waals surface area contributed by atoms with E-state index in [2.05, 4.69) is 5.32 Å². The van der Waals surface area contributed by atoms with Crippen LogP contribution in [0.5, 0.6) is 5.75 Å². The number of benzene rings is 1. The smallest absolute Gasteiger partial charge is 0.125 e. The summed E-state index contributed by atoms with van der Waals surface area (Å²) in [5, 5.41) is 13.0. The molecule has 0 aliphatic carbocycles. The maximum atomic E-state index is 9.13. The first-order chi connectivity index (χ1) is 8.04. The Bertz CT molecular complexity index is 367. The van der Waals surface area contributed by atoms with Gasteiger partial charge in [0.15, 0.2) is 0 Å². The summed E-state index contributed by atoms with van der Waals surface area (Å²) in [7, 11) is 1.67. The number of aryl methyl sites for hydroxylation is 1. The summed E-state index contributed by atoms with van der Waals surface area (Å²) in [6.45, 7) is 5.14. The molecule has 2 N–H and O–H groups in total. The van der Waals surface area contributed by atoms with Crippen molar-refractivity contribution in [3.63, 3.8) is 0 Å². The van der Waals surface area contributed by atoms with Gasteiger partial charge in [-0.2, -0.15) is 0 Å². The van der Waals surface area contributed by atoms with Crippen molar-refractivity contribution < 1.29 is 9.84 Å². The van der Waals surface area contributed by atoms with Crippen LogP contribution < -0.4 is 10.1 Å². The van der Waals surface area contributed by atoms with Crippen LogP contribution in [0.4, 0.5) is 0 Å². The molecule has 0 bridgehead atoms. The van der Waals surface area contributed by atoms with E-state index in [4.69, 9.17) is 21.4 Å². The topological polar surface area (TPSA) is 41.5 Å². The van der Waals surface area contributed by atoms with Crippen molar-refractivity contribution in [2.24, 2.45) is 0 Å². The summed E-state index contributed by atoms with van der Waals surface area (Å²) >= 11 is 6.03. The van der Waals surface area contributed by atoms with Gasteiger partial charge in [0.25, 0.3) is 0 Å². The highest BCUT2D eigenvalue weighted by Gasteiger charge is 2.08. The zero-order chi connectivity index (χ0) is 12.8. The molecule has 1 aromatic rings. The molecule has 3 nitrogen and oxygen atoms in total. The van der Waals surface area contributed by atoms with Crippen LogP contribution in [0.25, 0.3) is 0 Å². The second-order valence-corrected chi connectivity index (χ2v) is 4.65. The lowest BCUT2D eigenvalue weighted by Gasteiger charge is -2.13. The van der Waals surface area contributed by atoms with E-state index < -0.39 is 0 Å². The van der Waals surface area contributed by atoms with Gasteiger partial charge in [0.1, 0.15) is 5.75 Å². The van der Waals surface area contributed by atoms with Gasteiger partial charge >= 0.3 is 0 Å². The highest BCUT2D eigenvalue weighted by atomic mass is 35.5. The van der Waals surface area contributed by atoms with Gasteiger partial charge in [0.2, 0.25) is 0 Å². The van der Waals surface area contributed by atoms with Crippen LogP contribution in [0.2, 0.25) is 5.02 Å². The summed E-state index contributed by atoms with van der Waals surface area (Å²) in [4.78, 5) is 0. The fourth-order valence-electron chi connectivity index (χ4n) is 1.81. The van der Waals surface area contributed by atoms with Crippen LogP contribution in [-0.2, 0) is 6.42 Å². The summed E-state index contributed by atoms with van der Waals surface area (Å²) in [6.07, 6.45) is 0.509. The van der Waals surface area contributed by atoms with Crippen molar-refractivity contribution in [3.8, 4) is 5.75 Å². The van der Waals surface area contributed by atoms with E-state index in [0.29, 0.717) is 6.54 Å². The third-order valence-corrected chi connectivity index (χ3v) is 2.75. The van der Waals surface area contributed by atoms with Crippen LogP contribution in [0.15, 0.2) is 12.1 Å². The first-order valence-corrected chi connectivity index (χ1v) is 6.14. The quantitative estimate of drug-likeness (QED) is 0.768. The van der Waals surface area contributed by atoms with E-state index in [9.17, 15) is 0 Å². The minimum atomic E-state index is -0.321. The van der Waals surface area contributed by atoms with Gasteiger partial charge in [0, 0.05) is 11.6 Å². The second kappa shape index (κ2) is 6.84. The van der Waals surface area contributed by atoms with Crippen LogP contribution >= 0.6 is 11.6 Å². The Balaban J connectivity index is 2.63. The Morgan fingerprint density at radius 1 is 1.47 bits per heavy atom. The zero-order valence-electron chi connectivity index (χ0n) is 10.6. The second-order valence-electron chi connectivity index (χ2n) is 4.22. The monoisotopic (exact) mass is 257 g/mol. The lowest BCUT2D eigenvalue weighted by Crippen LogP contribution is -2.26. The normalized spacial score (nSPS) is 12.5. The number of ether oxygens (including phenoxy) is 1. The zero-order valence-corrected chi connectivity index (χ0v) is 11.3. The number of methoxy groups -OCH3 is 1. The SMILES string of the molecule is COc1c(C)cc(Cl)cc1CCNCC(C)O. The molecule has 1 aromatic carbocycles. The molecule has 0 fully saturated rings. The summed E-state index contributed by atoms with van der Waals surface area (Å²) in [6, 6.07) is 3.82. The van der Waals surface area contributed by atoms with Gasteiger partial charge in [-0.3, -0.25) is 0 Å².